The highest BCUT2D eigenvalue weighted by molar-refractivity contribution is 6.06. The van der Waals surface area contributed by atoms with Gasteiger partial charge in [0.1, 0.15) is 11.6 Å². The maximum atomic E-state index is 12.4. The normalized spacial score (nSPS) is 10.3. The Balaban J connectivity index is 1.49. The molecule has 0 saturated heterocycles. The van der Waals surface area contributed by atoms with Crippen molar-refractivity contribution >= 4 is 17.4 Å². The van der Waals surface area contributed by atoms with Gasteiger partial charge in [-0.3, -0.25) is 4.79 Å². The molecule has 5 heteroatoms. The molecular weight excluding hydrogens is 338 g/mol. The lowest BCUT2D eigenvalue weighted by Crippen LogP contribution is -2.13. The smallest absolute Gasteiger partial charge is 0.259 e. The number of para-hydroxylation sites is 1. The first-order valence-corrected chi connectivity index (χ1v) is 8.94. The number of hydrogen-bond acceptors (Lipinski definition) is 4. The average Bonchev–Trinajstić information content (AvgIpc) is 2.73. The van der Waals surface area contributed by atoms with Crippen LogP contribution in [0.2, 0.25) is 0 Å². The number of carbonyl (C=O) groups is 1. The van der Waals surface area contributed by atoms with Crippen LogP contribution in [0.4, 0.5) is 11.5 Å². The van der Waals surface area contributed by atoms with Crippen molar-refractivity contribution in [1.82, 2.24) is 4.98 Å². The molecule has 0 bridgehead atoms. The van der Waals surface area contributed by atoms with E-state index in [0.717, 1.165) is 25.2 Å². The van der Waals surface area contributed by atoms with Crippen molar-refractivity contribution in [3.8, 4) is 5.75 Å². The highest BCUT2D eigenvalue weighted by atomic mass is 16.5. The fraction of sp³-hybridized carbons (Fsp3) is 0.182. The summed E-state index contributed by atoms with van der Waals surface area (Å²) in [6, 6.07) is 21.2. The van der Waals surface area contributed by atoms with E-state index in [0.29, 0.717) is 17.0 Å². The van der Waals surface area contributed by atoms with Crippen molar-refractivity contribution in [2.75, 3.05) is 24.3 Å². The Morgan fingerprint density at radius 3 is 2.52 bits per heavy atom. The molecule has 1 amide bonds. The molecule has 5 nitrogen and oxygen atoms in total. The number of carbonyl (C=O) groups excluding carboxylic acids is 1. The Hall–Kier alpha value is -3.34. The minimum atomic E-state index is -0.224. The predicted octanol–water partition coefficient (Wildman–Crippen LogP) is 4.39. The number of anilines is 2. The molecule has 3 rings (SSSR count). The minimum absolute atomic E-state index is 0.224. The van der Waals surface area contributed by atoms with Crippen LogP contribution < -0.4 is 15.4 Å². The highest BCUT2D eigenvalue weighted by Crippen LogP contribution is 2.19. The number of ether oxygens (including phenoxy) is 1. The summed E-state index contributed by atoms with van der Waals surface area (Å²) in [5, 5.41) is 6.14. The molecule has 2 N–H and O–H groups in total. The number of rotatable bonds is 8. The van der Waals surface area contributed by atoms with E-state index in [1.807, 2.05) is 24.3 Å². The summed E-state index contributed by atoms with van der Waals surface area (Å²) in [6.45, 7) is 0.842. The van der Waals surface area contributed by atoms with Crippen LogP contribution >= 0.6 is 0 Å². The van der Waals surface area contributed by atoms with E-state index >= 15 is 0 Å². The van der Waals surface area contributed by atoms with Gasteiger partial charge in [0.25, 0.3) is 5.91 Å². The summed E-state index contributed by atoms with van der Waals surface area (Å²) in [6.07, 6.45) is 3.70. The van der Waals surface area contributed by atoms with E-state index in [1.54, 1.807) is 31.5 Å². The van der Waals surface area contributed by atoms with E-state index in [2.05, 4.69) is 39.9 Å². The maximum absolute atomic E-state index is 12.4. The molecule has 0 aliphatic rings. The molecule has 0 saturated carbocycles. The SMILES string of the molecule is COc1ccccc1C(=O)Nc1ccc(NCCCc2ccccc2)nc1. The Bertz CT molecular complexity index is 864. The molecular formula is C22H23N3O2. The van der Waals surface area contributed by atoms with E-state index in [1.165, 1.54) is 5.56 Å². The second-order valence-electron chi connectivity index (χ2n) is 6.10. The number of benzene rings is 2. The van der Waals surface area contributed by atoms with E-state index < -0.39 is 0 Å². The Morgan fingerprint density at radius 1 is 1.00 bits per heavy atom. The molecule has 1 aromatic heterocycles. The zero-order valence-electron chi connectivity index (χ0n) is 15.3. The molecule has 0 atom stereocenters. The monoisotopic (exact) mass is 361 g/mol. The molecule has 0 aliphatic heterocycles. The van der Waals surface area contributed by atoms with Crippen LogP contribution in [-0.2, 0) is 6.42 Å². The van der Waals surface area contributed by atoms with Gasteiger partial charge < -0.3 is 15.4 Å². The molecule has 138 valence electrons. The van der Waals surface area contributed by atoms with Crippen LogP contribution in [0, 0.1) is 0 Å². The maximum Gasteiger partial charge on any atom is 0.259 e. The van der Waals surface area contributed by atoms with Gasteiger partial charge in [-0.2, -0.15) is 0 Å². The van der Waals surface area contributed by atoms with Crippen LogP contribution in [0.15, 0.2) is 72.9 Å². The van der Waals surface area contributed by atoms with Crippen LogP contribution in [0.25, 0.3) is 0 Å². The summed E-state index contributed by atoms with van der Waals surface area (Å²) < 4.78 is 5.22. The van der Waals surface area contributed by atoms with Gasteiger partial charge in [0.2, 0.25) is 0 Å². The first-order valence-electron chi connectivity index (χ1n) is 8.94. The molecule has 2 aromatic carbocycles. The Labute approximate surface area is 159 Å². The van der Waals surface area contributed by atoms with Crippen LogP contribution in [-0.4, -0.2) is 24.5 Å². The van der Waals surface area contributed by atoms with Gasteiger partial charge in [-0.05, 0) is 42.7 Å². The molecule has 0 radical (unpaired) electrons. The zero-order valence-corrected chi connectivity index (χ0v) is 15.3. The average molecular weight is 361 g/mol. The number of aromatic nitrogens is 1. The summed E-state index contributed by atoms with van der Waals surface area (Å²) in [7, 11) is 1.55. The lowest BCUT2D eigenvalue weighted by molar-refractivity contribution is 0.102. The topological polar surface area (TPSA) is 63.2 Å². The van der Waals surface area contributed by atoms with Gasteiger partial charge in [0.05, 0.1) is 24.6 Å². The highest BCUT2D eigenvalue weighted by Gasteiger charge is 2.11. The molecule has 0 fully saturated rings. The van der Waals surface area contributed by atoms with Crippen molar-refractivity contribution in [3.63, 3.8) is 0 Å². The van der Waals surface area contributed by atoms with Gasteiger partial charge in [0, 0.05) is 6.54 Å². The third-order valence-electron chi connectivity index (χ3n) is 4.16. The summed E-state index contributed by atoms with van der Waals surface area (Å²) in [5.41, 5.74) is 2.46. The van der Waals surface area contributed by atoms with Crippen LogP contribution in [0.5, 0.6) is 5.75 Å². The van der Waals surface area contributed by atoms with Crippen molar-refractivity contribution in [3.05, 3.63) is 84.1 Å². The number of amides is 1. The molecule has 3 aromatic rings. The molecule has 0 aliphatic carbocycles. The number of nitrogens with zero attached hydrogens (tertiary/aromatic N) is 1. The van der Waals surface area contributed by atoms with E-state index in [9.17, 15) is 4.79 Å². The third kappa shape index (κ3) is 5.31. The molecule has 1 heterocycles. The number of aryl methyl sites for hydroxylation is 1. The largest absolute Gasteiger partial charge is 0.496 e. The number of nitrogens with one attached hydrogen (secondary N) is 2. The predicted molar refractivity (Wildman–Crippen MR) is 108 cm³/mol. The van der Waals surface area contributed by atoms with Crippen molar-refractivity contribution in [2.45, 2.75) is 12.8 Å². The van der Waals surface area contributed by atoms with Crippen molar-refractivity contribution < 1.29 is 9.53 Å². The molecule has 0 spiro atoms. The van der Waals surface area contributed by atoms with Crippen LogP contribution in [0.3, 0.4) is 0 Å². The second kappa shape index (κ2) is 9.38. The van der Waals surface area contributed by atoms with Gasteiger partial charge in [-0.15, -0.1) is 0 Å². The molecule has 0 unspecified atom stereocenters. The van der Waals surface area contributed by atoms with Gasteiger partial charge >= 0.3 is 0 Å². The number of pyridine rings is 1. The van der Waals surface area contributed by atoms with Gasteiger partial charge in [-0.25, -0.2) is 4.98 Å². The van der Waals surface area contributed by atoms with Crippen molar-refractivity contribution in [2.24, 2.45) is 0 Å². The van der Waals surface area contributed by atoms with E-state index in [-0.39, 0.29) is 5.91 Å². The van der Waals surface area contributed by atoms with E-state index in [4.69, 9.17) is 4.74 Å². The standard InChI is InChI=1S/C22H23N3O2/c1-27-20-12-6-5-11-19(20)22(26)25-18-13-14-21(24-16-18)23-15-7-10-17-8-3-2-4-9-17/h2-6,8-9,11-14,16H,7,10,15H2,1H3,(H,23,24)(H,25,26). The van der Waals surface area contributed by atoms with Gasteiger partial charge in [-0.1, -0.05) is 42.5 Å². The zero-order chi connectivity index (χ0) is 18.9. The minimum Gasteiger partial charge on any atom is -0.496 e. The first-order chi connectivity index (χ1) is 13.3. The second-order valence-corrected chi connectivity index (χ2v) is 6.10. The lowest BCUT2D eigenvalue weighted by atomic mass is 10.1. The fourth-order valence-electron chi connectivity index (χ4n) is 2.76. The third-order valence-corrected chi connectivity index (χ3v) is 4.16. The summed E-state index contributed by atoms with van der Waals surface area (Å²) in [5.74, 6) is 1.11. The lowest BCUT2D eigenvalue weighted by Gasteiger charge is -2.10. The number of methoxy groups -OCH3 is 1. The Morgan fingerprint density at radius 2 is 1.78 bits per heavy atom. The number of hydrogen-bond donors (Lipinski definition) is 2. The van der Waals surface area contributed by atoms with Gasteiger partial charge in [0.15, 0.2) is 0 Å². The quantitative estimate of drug-likeness (QED) is 0.584. The fourth-order valence-corrected chi connectivity index (χ4v) is 2.76. The first kappa shape index (κ1) is 18.5. The summed E-state index contributed by atoms with van der Waals surface area (Å²) in [4.78, 5) is 16.7. The van der Waals surface area contributed by atoms with Crippen LogP contribution in [0.1, 0.15) is 22.3 Å². The van der Waals surface area contributed by atoms with Crippen molar-refractivity contribution in [1.29, 1.82) is 0 Å². The molecule has 27 heavy (non-hydrogen) atoms. The Kier molecular flexibility index (Phi) is 6.41. The summed E-state index contributed by atoms with van der Waals surface area (Å²) >= 11 is 0.